The van der Waals surface area contributed by atoms with Gasteiger partial charge in [0.1, 0.15) is 0 Å². The highest BCUT2D eigenvalue weighted by molar-refractivity contribution is 6.09. The van der Waals surface area contributed by atoms with Crippen molar-refractivity contribution in [3.05, 3.63) is 96.6 Å². The summed E-state index contributed by atoms with van der Waals surface area (Å²) in [6, 6.07) is 29.8. The second-order valence-corrected chi connectivity index (χ2v) is 7.25. The van der Waals surface area contributed by atoms with E-state index in [0.717, 1.165) is 33.8 Å². The number of carbonyl (C=O) groups excluding carboxylic acids is 1. The van der Waals surface area contributed by atoms with Crippen molar-refractivity contribution < 1.29 is 4.79 Å². The fraction of sp³-hybridized carbons (Fsp3) is 0.0769. The monoisotopic (exact) mass is 393 g/mol. The van der Waals surface area contributed by atoms with Gasteiger partial charge in [-0.2, -0.15) is 0 Å². The molecule has 0 saturated carbocycles. The predicted octanol–water partition coefficient (Wildman–Crippen LogP) is 6.02. The lowest BCUT2D eigenvalue weighted by molar-refractivity contribution is 0.100. The highest BCUT2D eigenvalue weighted by atomic mass is 16.1. The summed E-state index contributed by atoms with van der Waals surface area (Å²) in [7, 11) is 0. The van der Waals surface area contributed by atoms with Gasteiger partial charge < -0.3 is 5.73 Å². The van der Waals surface area contributed by atoms with Gasteiger partial charge in [0.15, 0.2) is 5.82 Å². The molecule has 0 saturated heterocycles. The molecule has 3 aromatic carbocycles. The number of carbonyl (C=O) groups is 1. The molecule has 0 aliphatic carbocycles. The van der Waals surface area contributed by atoms with Crippen LogP contribution in [0.1, 0.15) is 24.2 Å². The first-order valence-electron chi connectivity index (χ1n) is 9.84. The Morgan fingerprint density at radius 3 is 1.77 bits per heavy atom. The van der Waals surface area contributed by atoms with E-state index in [-0.39, 0.29) is 0 Å². The van der Waals surface area contributed by atoms with E-state index in [2.05, 4.69) is 0 Å². The number of hydrogen-bond acceptors (Lipinski definition) is 2. The van der Waals surface area contributed by atoms with E-state index in [9.17, 15) is 4.79 Å². The minimum absolute atomic E-state index is 0.421. The average molecular weight is 393 g/mol. The number of rotatable bonds is 5. The van der Waals surface area contributed by atoms with E-state index < -0.39 is 5.91 Å². The van der Waals surface area contributed by atoms with Crippen LogP contribution in [-0.2, 0) is 0 Å². The van der Waals surface area contributed by atoms with Gasteiger partial charge in [0.2, 0.25) is 0 Å². The van der Waals surface area contributed by atoms with Crippen LogP contribution in [0.5, 0.6) is 0 Å². The van der Waals surface area contributed by atoms with Crippen molar-refractivity contribution in [2.45, 2.75) is 13.8 Å². The third kappa shape index (κ3) is 3.55. The zero-order chi connectivity index (χ0) is 21.1. The van der Waals surface area contributed by atoms with Gasteiger partial charge >= 0.3 is 0 Å². The van der Waals surface area contributed by atoms with Crippen molar-refractivity contribution in [3.8, 4) is 28.1 Å². The molecule has 0 bridgehead atoms. The van der Waals surface area contributed by atoms with Crippen molar-refractivity contribution >= 4 is 17.4 Å². The zero-order valence-electron chi connectivity index (χ0n) is 17.0. The zero-order valence-corrected chi connectivity index (χ0v) is 17.0. The quantitative estimate of drug-likeness (QED) is 0.414. The molecule has 30 heavy (non-hydrogen) atoms. The number of aliphatic imine (C=N–C) groups is 1. The summed E-state index contributed by atoms with van der Waals surface area (Å²) in [5.74, 6) is 0.0483. The third-order valence-corrected chi connectivity index (χ3v) is 4.85. The maximum absolute atomic E-state index is 12.8. The second-order valence-electron chi connectivity index (χ2n) is 7.25. The fourth-order valence-corrected chi connectivity index (χ4v) is 3.69. The molecule has 0 atom stereocenters. The number of nitrogens with zero attached hydrogens (tertiary/aromatic N) is 2. The second kappa shape index (κ2) is 8.21. The van der Waals surface area contributed by atoms with E-state index in [1.165, 1.54) is 0 Å². The van der Waals surface area contributed by atoms with Crippen LogP contribution in [0.2, 0.25) is 0 Å². The van der Waals surface area contributed by atoms with Crippen LogP contribution in [0.15, 0.2) is 96.0 Å². The van der Waals surface area contributed by atoms with Crippen LogP contribution in [0.3, 0.4) is 0 Å². The van der Waals surface area contributed by atoms with Gasteiger partial charge in [-0.25, -0.2) is 4.99 Å². The standard InChI is InChI=1S/C26H23N3O/c1-18(2)28-26-23(25(27)30)22(19-12-6-3-7-13-19)24(20-14-8-4-9-15-20)29(26)21-16-10-5-11-17-21/h3-17H,1-2H3,(H2,27,30). The van der Waals surface area contributed by atoms with Gasteiger partial charge in [-0.1, -0.05) is 78.9 Å². The summed E-state index contributed by atoms with van der Waals surface area (Å²) in [6.07, 6.45) is 0. The molecule has 1 aromatic heterocycles. The lowest BCUT2D eigenvalue weighted by Gasteiger charge is -2.13. The van der Waals surface area contributed by atoms with E-state index in [1.54, 1.807) is 0 Å². The summed E-state index contributed by atoms with van der Waals surface area (Å²) in [6.45, 7) is 3.83. The fourth-order valence-electron chi connectivity index (χ4n) is 3.69. The molecule has 1 heterocycles. The van der Waals surface area contributed by atoms with E-state index >= 15 is 0 Å². The molecular weight excluding hydrogens is 370 g/mol. The Bertz CT molecular complexity index is 1200. The maximum atomic E-state index is 12.8. The molecular formula is C26H23N3O. The molecule has 0 fully saturated rings. The summed E-state index contributed by atoms with van der Waals surface area (Å²) < 4.78 is 2.03. The highest BCUT2D eigenvalue weighted by Gasteiger charge is 2.28. The predicted molar refractivity (Wildman–Crippen MR) is 124 cm³/mol. The number of aromatic nitrogens is 1. The number of hydrogen-bond donors (Lipinski definition) is 1. The van der Waals surface area contributed by atoms with Gasteiger partial charge in [0.25, 0.3) is 5.91 Å². The van der Waals surface area contributed by atoms with Crippen molar-refractivity contribution in [2.24, 2.45) is 10.7 Å². The average Bonchev–Trinajstić information content (AvgIpc) is 3.10. The number of benzene rings is 3. The minimum Gasteiger partial charge on any atom is -0.365 e. The molecule has 0 spiro atoms. The van der Waals surface area contributed by atoms with Crippen molar-refractivity contribution in [3.63, 3.8) is 0 Å². The van der Waals surface area contributed by atoms with Crippen molar-refractivity contribution in [2.75, 3.05) is 0 Å². The molecule has 1 amide bonds. The maximum Gasteiger partial charge on any atom is 0.253 e. The summed E-state index contributed by atoms with van der Waals surface area (Å²) in [4.78, 5) is 17.5. The molecule has 0 unspecified atom stereocenters. The summed E-state index contributed by atoms with van der Waals surface area (Å²) >= 11 is 0. The van der Waals surface area contributed by atoms with Crippen LogP contribution in [0, 0.1) is 0 Å². The Morgan fingerprint density at radius 2 is 1.27 bits per heavy atom. The highest BCUT2D eigenvalue weighted by Crippen LogP contribution is 2.44. The van der Waals surface area contributed by atoms with Crippen molar-refractivity contribution in [1.82, 2.24) is 4.57 Å². The van der Waals surface area contributed by atoms with Crippen LogP contribution in [-0.4, -0.2) is 16.2 Å². The number of primary amides is 1. The Balaban J connectivity index is 2.23. The molecule has 0 aliphatic heterocycles. The van der Waals surface area contributed by atoms with Gasteiger partial charge in [-0.15, -0.1) is 0 Å². The lowest BCUT2D eigenvalue weighted by atomic mass is 9.97. The summed E-state index contributed by atoms with van der Waals surface area (Å²) in [5.41, 5.74) is 11.7. The van der Waals surface area contributed by atoms with Crippen LogP contribution >= 0.6 is 0 Å². The number of amides is 1. The lowest BCUT2D eigenvalue weighted by Crippen LogP contribution is -2.12. The normalized spacial score (nSPS) is 10.6. The van der Waals surface area contributed by atoms with Gasteiger partial charge in [0.05, 0.1) is 11.3 Å². The topological polar surface area (TPSA) is 60.4 Å². The van der Waals surface area contributed by atoms with Crippen LogP contribution < -0.4 is 5.73 Å². The largest absolute Gasteiger partial charge is 0.365 e. The Hall–Kier alpha value is -3.92. The molecule has 4 nitrogen and oxygen atoms in total. The minimum atomic E-state index is -0.499. The van der Waals surface area contributed by atoms with E-state index in [0.29, 0.717) is 11.4 Å². The van der Waals surface area contributed by atoms with Gasteiger partial charge in [-0.05, 0) is 37.1 Å². The smallest absolute Gasteiger partial charge is 0.253 e. The summed E-state index contributed by atoms with van der Waals surface area (Å²) in [5, 5.41) is 0. The molecule has 4 rings (SSSR count). The van der Waals surface area contributed by atoms with E-state index in [1.807, 2.05) is 109 Å². The molecule has 4 aromatic rings. The molecule has 2 N–H and O–H groups in total. The van der Waals surface area contributed by atoms with Gasteiger partial charge in [-0.3, -0.25) is 9.36 Å². The number of nitrogens with two attached hydrogens (primary N) is 1. The van der Waals surface area contributed by atoms with Crippen molar-refractivity contribution in [1.29, 1.82) is 0 Å². The first-order chi connectivity index (χ1) is 14.6. The first kappa shape index (κ1) is 19.4. The SMILES string of the molecule is CC(C)=Nc1c(C(N)=O)c(-c2ccccc2)c(-c2ccccc2)n1-c1ccccc1. The number of para-hydroxylation sites is 1. The Morgan fingerprint density at radius 1 is 0.767 bits per heavy atom. The Kier molecular flexibility index (Phi) is 5.31. The van der Waals surface area contributed by atoms with E-state index in [4.69, 9.17) is 10.7 Å². The third-order valence-electron chi connectivity index (χ3n) is 4.85. The van der Waals surface area contributed by atoms with Crippen LogP contribution in [0.4, 0.5) is 5.82 Å². The Labute approximate surface area is 176 Å². The van der Waals surface area contributed by atoms with Gasteiger partial charge in [0, 0.05) is 17.0 Å². The molecule has 148 valence electrons. The van der Waals surface area contributed by atoms with Crippen LogP contribution in [0.25, 0.3) is 28.1 Å². The molecule has 4 heteroatoms. The first-order valence-corrected chi connectivity index (χ1v) is 9.84. The molecule has 0 radical (unpaired) electrons. The molecule has 0 aliphatic rings.